The van der Waals surface area contributed by atoms with E-state index in [4.69, 9.17) is 10.00 Å². The predicted octanol–water partition coefficient (Wildman–Crippen LogP) is 1.87. The van der Waals surface area contributed by atoms with Gasteiger partial charge in [0.1, 0.15) is 5.75 Å². The van der Waals surface area contributed by atoms with Crippen molar-refractivity contribution in [1.29, 1.82) is 5.26 Å². The van der Waals surface area contributed by atoms with Gasteiger partial charge in [0.2, 0.25) is 0 Å². The van der Waals surface area contributed by atoms with Crippen molar-refractivity contribution in [3.8, 4) is 11.8 Å². The van der Waals surface area contributed by atoms with E-state index in [1.165, 1.54) is 5.56 Å². The molecule has 1 aromatic rings. The molecule has 3 heteroatoms. The van der Waals surface area contributed by atoms with Gasteiger partial charge in [0.15, 0.2) is 0 Å². The Balaban J connectivity index is 2.77. The Morgan fingerprint density at radius 3 is 2.87 bits per heavy atom. The molecule has 1 aromatic carbocycles. The zero-order chi connectivity index (χ0) is 11.1. The third-order valence-corrected chi connectivity index (χ3v) is 2.27. The molecular formula is C12H16N2O. The standard InChI is InChI=1S/C12H16N2O/c1-3-10-4-5-12(15-2)11(8-10)9-14-7-6-13/h4-5,8,14H,3,7,9H2,1-2H3. The zero-order valence-corrected chi connectivity index (χ0v) is 9.21. The quantitative estimate of drug-likeness (QED) is 0.588. The second kappa shape index (κ2) is 6.05. The first-order chi connectivity index (χ1) is 7.31. The Bertz CT molecular complexity index is 355. The van der Waals surface area contributed by atoms with Gasteiger partial charge in [-0.15, -0.1) is 0 Å². The molecule has 0 spiro atoms. The Labute approximate surface area is 90.7 Å². The van der Waals surface area contributed by atoms with Crippen LogP contribution in [0, 0.1) is 11.3 Å². The summed E-state index contributed by atoms with van der Waals surface area (Å²) in [5.74, 6) is 0.873. The van der Waals surface area contributed by atoms with Gasteiger partial charge >= 0.3 is 0 Å². The first-order valence-corrected chi connectivity index (χ1v) is 5.05. The molecule has 1 rings (SSSR count). The highest BCUT2D eigenvalue weighted by Gasteiger charge is 2.02. The summed E-state index contributed by atoms with van der Waals surface area (Å²) in [7, 11) is 1.66. The second-order valence-electron chi connectivity index (χ2n) is 3.26. The van der Waals surface area contributed by atoms with Crippen LogP contribution < -0.4 is 10.1 Å². The summed E-state index contributed by atoms with van der Waals surface area (Å²) in [6, 6.07) is 8.20. The van der Waals surface area contributed by atoms with E-state index in [1.807, 2.05) is 6.07 Å². The highest BCUT2D eigenvalue weighted by atomic mass is 16.5. The summed E-state index contributed by atoms with van der Waals surface area (Å²) in [6.45, 7) is 3.15. The van der Waals surface area contributed by atoms with E-state index in [0.717, 1.165) is 17.7 Å². The molecule has 0 saturated heterocycles. The van der Waals surface area contributed by atoms with Crippen molar-refractivity contribution in [2.24, 2.45) is 0 Å². The maximum Gasteiger partial charge on any atom is 0.123 e. The van der Waals surface area contributed by atoms with Crippen LogP contribution in [-0.2, 0) is 13.0 Å². The van der Waals surface area contributed by atoms with Gasteiger partial charge in [-0.1, -0.05) is 19.1 Å². The molecule has 0 amide bonds. The molecule has 0 bridgehead atoms. The summed E-state index contributed by atoms with van der Waals surface area (Å²) < 4.78 is 5.25. The lowest BCUT2D eigenvalue weighted by Gasteiger charge is -2.09. The smallest absolute Gasteiger partial charge is 0.123 e. The van der Waals surface area contributed by atoms with Crippen LogP contribution in [0.3, 0.4) is 0 Å². The molecule has 0 radical (unpaired) electrons. The van der Waals surface area contributed by atoms with Crippen molar-refractivity contribution >= 4 is 0 Å². The van der Waals surface area contributed by atoms with Gasteiger partial charge in [-0.2, -0.15) is 5.26 Å². The third-order valence-electron chi connectivity index (χ3n) is 2.27. The van der Waals surface area contributed by atoms with E-state index in [9.17, 15) is 0 Å². The maximum atomic E-state index is 8.43. The molecule has 0 aliphatic heterocycles. The van der Waals surface area contributed by atoms with E-state index in [1.54, 1.807) is 7.11 Å². The lowest BCUT2D eigenvalue weighted by atomic mass is 10.1. The summed E-state index contributed by atoms with van der Waals surface area (Å²) in [6.07, 6.45) is 1.01. The Kier molecular flexibility index (Phi) is 4.65. The lowest BCUT2D eigenvalue weighted by Crippen LogP contribution is -2.13. The molecule has 0 fully saturated rings. The number of rotatable bonds is 5. The van der Waals surface area contributed by atoms with Crippen molar-refractivity contribution in [3.05, 3.63) is 29.3 Å². The molecule has 0 aromatic heterocycles. The molecule has 0 atom stereocenters. The van der Waals surface area contributed by atoms with E-state index in [-0.39, 0.29) is 0 Å². The summed E-state index contributed by atoms with van der Waals surface area (Å²) >= 11 is 0. The number of nitriles is 1. The molecule has 15 heavy (non-hydrogen) atoms. The van der Waals surface area contributed by atoms with Crippen molar-refractivity contribution < 1.29 is 4.74 Å². The maximum absolute atomic E-state index is 8.43. The first-order valence-electron chi connectivity index (χ1n) is 5.05. The molecule has 0 saturated carbocycles. The van der Waals surface area contributed by atoms with Gasteiger partial charge in [0.25, 0.3) is 0 Å². The van der Waals surface area contributed by atoms with Crippen molar-refractivity contribution in [2.75, 3.05) is 13.7 Å². The Hall–Kier alpha value is -1.53. The van der Waals surface area contributed by atoms with Gasteiger partial charge in [-0.05, 0) is 18.1 Å². The fourth-order valence-electron chi connectivity index (χ4n) is 1.44. The van der Waals surface area contributed by atoms with E-state index in [2.05, 4.69) is 30.4 Å². The predicted molar refractivity (Wildman–Crippen MR) is 59.7 cm³/mol. The van der Waals surface area contributed by atoms with E-state index < -0.39 is 0 Å². The molecule has 1 N–H and O–H groups in total. The normalized spacial score (nSPS) is 9.67. The van der Waals surface area contributed by atoms with Crippen LogP contribution in [0.5, 0.6) is 5.75 Å². The molecule has 3 nitrogen and oxygen atoms in total. The SMILES string of the molecule is CCc1ccc(OC)c(CNCC#N)c1. The van der Waals surface area contributed by atoms with Gasteiger partial charge in [-0.25, -0.2) is 0 Å². The molecule has 0 aliphatic rings. The Morgan fingerprint density at radius 2 is 2.27 bits per heavy atom. The number of nitrogens with zero attached hydrogens (tertiary/aromatic N) is 1. The summed E-state index contributed by atoms with van der Waals surface area (Å²) in [4.78, 5) is 0. The van der Waals surface area contributed by atoms with Crippen LogP contribution in [0.4, 0.5) is 0 Å². The minimum absolute atomic E-state index is 0.361. The van der Waals surface area contributed by atoms with Gasteiger partial charge < -0.3 is 10.1 Å². The Morgan fingerprint density at radius 1 is 1.47 bits per heavy atom. The molecule has 0 unspecified atom stereocenters. The van der Waals surface area contributed by atoms with Crippen molar-refractivity contribution in [3.63, 3.8) is 0 Å². The molecule has 80 valence electrons. The second-order valence-corrected chi connectivity index (χ2v) is 3.26. The highest BCUT2D eigenvalue weighted by Crippen LogP contribution is 2.19. The fourth-order valence-corrected chi connectivity index (χ4v) is 1.44. The summed E-state index contributed by atoms with van der Waals surface area (Å²) in [5, 5.41) is 11.5. The minimum Gasteiger partial charge on any atom is -0.496 e. The lowest BCUT2D eigenvalue weighted by molar-refractivity contribution is 0.408. The minimum atomic E-state index is 0.361. The van der Waals surface area contributed by atoms with Crippen molar-refractivity contribution in [1.82, 2.24) is 5.32 Å². The average Bonchev–Trinajstić information content (AvgIpc) is 2.29. The van der Waals surface area contributed by atoms with Crippen LogP contribution in [-0.4, -0.2) is 13.7 Å². The number of ether oxygens (including phenoxy) is 1. The first kappa shape index (κ1) is 11.5. The van der Waals surface area contributed by atoms with Crippen LogP contribution in [0.1, 0.15) is 18.1 Å². The number of hydrogen-bond donors (Lipinski definition) is 1. The number of methoxy groups -OCH3 is 1. The number of benzene rings is 1. The number of aryl methyl sites for hydroxylation is 1. The average molecular weight is 204 g/mol. The molecule has 0 aliphatic carbocycles. The topological polar surface area (TPSA) is 45.0 Å². The van der Waals surface area contributed by atoms with Gasteiger partial charge in [0, 0.05) is 12.1 Å². The largest absolute Gasteiger partial charge is 0.496 e. The van der Waals surface area contributed by atoms with Crippen LogP contribution in [0.15, 0.2) is 18.2 Å². The fraction of sp³-hybridized carbons (Fsp3) is 0.417. The monoisotopic (exact) mass is 204 g/mol. The van der Waals surface area contributed by atoms with E-state index in [0.29, 0.717) is 13.1 Å². The molecular weight excluding hydrogens is 188 g/mol. The van der Waals surface area contributed by atoms with Gasteiger partial charge in [0.05, 0.1) is 19.7 Å². The molecule has 0 heterocycles. The highest BCUT2D eigenvalue weighted by molar-refractivity contribution is 5.37. The summed E-state index contributed by atoms with van der Waals surface area (Å²) in [5.41, 5.74) is 2.39. The number of nitrogens with one attached hydrogen (secondary N) is 1. The van der Waals surface area contributed by atoms with Crippen LogP contribution in [0.25, 0.3) is 0 Å². The van der Waals surface area contributed by atoms with Crippen LogP contribution >= 0.6 is 0 Å². The van der Waals surface area contributed by atoms with Crippen LogP contribution in [0.2, 0.25) is 0 Å². The third kappa shape index (κ3) is 3.26. The van der Waals surface area contributed by atoms with E-state index >= 15 is 0 Å². The van der Waals surface area contributed by atoms with Crippen molar-refractivity contribution in [2.45, 2.75) is 19.9 Å². The number of hydrogen-bond acceptors (Lipinski definition) is 3. The zero-order valence-electron chi connectivity index (χ0n) is 9.21. The van der Waals surface area contributed by atoms with Gasteiger partial charge in [-0.3, -0.25) is 0 Å².